The molecule has 0 heterocycles. The highest BCUT2D eigenvalue weighted by Crippen LogP contribution is 2.28. The summed E-state index contributed by atoms with van der Waals surface area (Å²) < 4.78 is 0. The molecule has 0 amide bonds. The van der Waals surface area contributed by atoms with Gasteiger partial charge >= 0.3 is 0 Å². The Morgan fingerprint density at radius 3 is 2.50 bits per heavy atom. The second kappa shape index (κ2) is 5.01. The molecule has 1 atom stereocenters. The fourth-order valence-electron chi connectivity index (χ4n) is 1.43. The Hall–Kier alpha value is -0.240. The molecule has 1 nitrogen and oxygen atoms in total. The van der Waals surface area contributed by atoms with Crippen LogP contribution in [0.5, 0.6) is 0 Å². The SMILES string of the molecule is CC(C)C[C@@H](N)c1cc(Cl)ccc1Cl. The summed E-state index contributed by atoms with van der Waals surface area (Å²) in [7, 11) is 0. The Morgan fingerprint density at radius 1 is 1.29 bits per heavy atom. The van der Waals surface area contributed by atoms with E-state index in [1.54, 1.807) is 12.1 Å². The molecule has 0 bridgehead atoms. The summed E-state index contributed by atoms with van der Waals surface area (Å²) in [4.78, 5) is 0. The van der Waals surface area contributed by atoms with Crippen LogP contribution in [0.1, 0.15) is 31.9 Å². The lowest BCUT2D eigenvalue weighted by Crippen LogP contribution is -2.13. The molecule has 0 aliphatic carbocycles. The molecule has 0 fully saturated rings. The predicted molar refractivity (Wildman–Crippen MR) is 62.8 cm³/mol. The molecule has 0 aliphatic heterocycles. The molecule has 78 valence electrons. The van der Waals surface area contributed by atoms with E-state index in [4.69, 9.17) is 28.9 Å². The minimum absolute atomic E-state index is 0.0267. The zero-order chi connectivity index (χ0) is 10.7. The van der Waals surface area contributed by atoms with Gasteiger partial charge in [-0.1, -0.05) is 37.0 Å². The zero-order valence-corrected chi connectivity index (χ0v) is 9.94. The van der Waals surface area contributed by atoms with Crippen molar-refractivity contribution < 1.29 is 0 Å². The van der Waals surface area contributed by atoms with Crippen molar-refractivity contribution in [3.63, 3.8) is 0 Å². The van der Waals surface area contributed by atoms with Crippen LogP contribution in [0.15, 0.2) is 18.2 Å². The van der Waals surface area contributed by atoms with Crippen LogP contribution in [-0.2, 0) is 0 Å². The maximum absolute atomic E-state index is 6.04. The van der Waals surface area contributed by atoms with Crippen molar-refractivity contribution in [2.24, 2.45) is 11.7 Å². The third-order valence-corrected chi connectivity index (χ3v) is 2.66. The normalized spacial score (nSPS) is 13.3. The van der Waals surface area contributed by atoms with Crippen LogP contribution in [0.4, 0.5) is 0 Å². The highest BCUT2D eigenvalue weighted by molar-refractivity contribution is 6.33. The number of nitrogens with two attached hydrogens (primary N) is 1. The topological polar surface area (TPSA) is 26.0 Å². The van der Waals surface area contributed by atoms with E-state index in [2.05, 4.69) is 13.8 Å². The average Bonchev–Trinajstić information content (AvgIpc) is 2.08. The lowest BCUT2D eigenvalue weighted by molar-refractivity contribution is 0.510. The van der Waals surface area contributed by atoms with E-state index in [9.17, 15) is 0 Å². The molecule has 3 heteroatoms. The maximum atomic E-state index is 6.04. The summed E-state index contributed by atoms with van der Waals surface area (Å²) in [5.41, 5.74) is 6.96. The van der Waals surface area contributed by atoms with Gasteiger partial charge in [0.05, 0.1) is 0 Å². The average molecular weight is 232 g/mol. The van der Waals surface area contributed by atoms with Gasteiger partial charge in [-0.05, 0) is 36.1 Å². The van der Waals surface area contributed by atoms with E-state index in [1.807, 2.05) is 6.07 Å². The quantitative estimate of drug-likeness (QED) is 0.836. The number of rotatable bonds is 3. The van der Waals surface area contributed by atoms with Crippen molar-refractivity contribution in [2.75, 3.05) is 0 Å². The highest BCUT2D eigenvalue weighted by atomic mass is 35.5. The third-order valence-electron chi connectivity index (χ3n) is 2.08. The smallest absolute Gasteiger partial charge is 0.0454 e. The van der Waals surface area contributed by atoms with Crippen LogP contribution in [0.3, 0.4) is 0 Å². The number of hydrogen-bond acceptors (Lipinski definition) is 1. The van der Waals surface area contributed by atoms with Gasteiger partial charge in [0.25, 0.3) is 0 Å². The molecule has 0 saturated heterocycles. The lowest BCUT2D eigenvalue weighted by Gasteiger charge is -2.16. The molecule has 0 unspecified atom stereocenters. The highest BCUT2D eigenvalue weighted by Gasteiger charge is 2.12. The molecule has 0 radical (unpaired) electrons. The summed E-state index contributed by atoms with van der Waals surface area (Å²) in [6.07, 6.45) is 0.917. The minimum Gasteiger partial charge on any atom is -0.324 e. The molecule has 0 aromatic heterocycles. The fourth-order valence-corrected chi connectivity index (χ4v) is 1.87. The van der Waals surface area contributed by atoms with Gasteiger partial charge in [0.15, 0.2) is 0 Å². The van der Waals surface area contributed by atoms with Gasteiger partial charge in [0.2, 0.25) is 0 Å². The third kappa shape index (κ3) is 3.16. The first-order valence-electron chi connectivity index (χ1n) is 4.71. The second-order valence-corrected chi connectivity index (χ2v) is 4.75. The molecule has 0 saturated carbocycles. The molecule has 0 spiro atoms. The molecule has 14 heavy (non-hydrogen) atoms. The van der Waals surface area contributed by atoms with E-state index in [1.165, 1.54) is 0 Å². The van der Waals surface area contributed by atoms with Crippen LogP contribution in [0.25, 0.3) is 0 Å². The van der Waals surface area contributed by atoms with Gasteiger partial charge in [-0.3, -0.25) is 0 Å². The van der Waals surface area contributed by atoms with Gasteiger partial charge in [0, 0.05) is 16.1 Å². The summed E-state index contributed by atoms with van der Waals surface area (Å²) in [5, 5.41) is 1.38. The Morgan fingerprint density at radius 2 is 1.93 bits per heavy atom. The molecule has 1 rings (SSSR count). The Bertz CT molecular complexity index is 310. The van der Waals surface area contributed by atoms with Crippen molar-refractivity contribution in [2.45, 2.75) is 26.3 Å². The second-order valence-electron chi connectivity index (χ2n) is 3.90. The first-order chi connectivity index (χ1) is 6.50. The van der Waals surface area contributed by atoms with Gasteiger partial charge in [-0.25, -0.2) is 0 Å². The molecule has 0 aliphatic rings. The van der Waals surface area contributed by atoms with Gasteiger partial charge < -0.3 is 5.73 Å². The largest absolute Gasteiger partial charge is 0.324 e. The van der Waals surface area contributed by atoms with Crippen LogP contribution in [-0.4, -0.2) is 0 Å². The summed E-state index contributed by atoms with van der Waals surface area (Å²) in [6.45, 7) is 4.27. The van der Waals surface area contributed by atoms with Crippen molar-refractivity contribution in [1.82, 2.24) is 0 Å². The van der Waals surface area contributed by atoms with Crippen molar-refractivity contribution in [3.8, 4) is 0 Å². The van der Waals surface area contributed by atoms with E-state index >= 15 is 0 Å². The standard InChI is InChI=1S/C11H15Cl2N/c1-7(2)5-11(14)9-6-8(12)3-4-10(9)13/h3-4,6-7,11H,5,14H2,1-2H3/t11-/m1/s1. The minimum atomic E-state index is -0.0267. The summed E-state index contributed by atoms with van der Waals surface area (Å²) in [5.74, 6) is 0.556. The van der Waals surface area contributed by atoms with E-state index < -0.39 is 0 Å². The van der Waals surface area contributed by atoms with E-state index in [0.717, 1.165) is 12.0 Å². The van der Waals surface area contributed by atoms with E-state index in [0.29, 0.717) is 16.0 Å². The van der Waals surface area contributed by atoms with Gasteiger partial charge in [-0.15, -0.1) is 0 Å². The number of benzene rings is 1. The molecular weight excluding hydrogens is 217 g/mol. The fraction of sp³-hybridized carbons (Fsp3) is 0.455. The van der Waals surface area contributed by atoms with Crippen LogP contribution < -0.4 is 5.73 Å². The molecule has 1 aromatic rings. The number of hydrogen-bond donors (Lipinski definition) is 1. The van der Waals surface area contributed by atoms with Gasteiger partial charge in [-0.2, -0.15) is 0 Å². The van der Waals surface area contributed by atoms with Crippen LogP contribution >= 0.6 is 23.2 Å². The summed E-state index contributed by atoms with van der Waals surface area (Å²) >= 11 is 11.9. The number of halogens is 2. The van der Waals surface area contributed by atoms with Crippen LogP contribution in [0, 0.1) is 5.92 Å². The molecular formula is C11H15Cl2N. The Balaban J connectivity index is 2.88. The van der Waals surface area contributed by atoms with E-state index in [-0.39, 0.29) is 6.04 Å². The Kier molecular flexibility index (Phi) is 4.24. The summed E-state index contributed by atoms with van der Waals surface area (Å²) in [6, 6.07) is 5.38. The van der Waals surface area contributed by atoms with Crippen LogP contribution in [0.2, 0.25) is 10.0 Å². The Labute approximate surface area is 95.2 Å². The van der Waals surface area contributed by atoms with Crippen molar-refractivity contribution in [3.05, 3.63) is 33.8 Å². The van der Waals surface area contributed by atoms with Gasteiger partial charge in [0.1, 0.15) is 0 Å². The maximum Gasteiger partial charge on any atom is 0.0454 e. The molecule has 2 N–H and O–H groups in total. The van der Waals surface area contributed by atoms with Crippen molar-refractivity contribution >= 4 is 23.2 Å². The first-order valence-corrected chi connectivity index (χ1v) is 5.47. The monoisotopic (exact) mass is 231 g/mol. The van der Waals surface area contributed by atoms with Crippen molar-refractivity contribution in [1.29, 1.82) is 0 Å². The predicted octanol–water partition coefficient (Wildman–Crippen LogP) is 4.04. The lowest BCUT2D eigenvalue weighted by atomic mass is 9.98. The first kappa shape index (κ1) is 11.8. The zero-order valence-electron chi connectivity index (χ0n) is 8.43. The molecule has 1 aromatic carbocycles.